The number of benzene rings is 1. The highest BCUT2D eigenvalue weighted by molar-refractivity contribution is 7.99. The van der Waals surface area contributed by atoms with Gasteiger partial charge < -0.3 is 14.4 Å². The zero-order valence-corrected chi connectivity index (χ0v) is 19.9. The second-order valence-electron chi connectivity index (χ2n) is 7.09. The van der Waals surface area contributed by atoms with Crippen LogP contribution in [0.3, 0.4) is 0 Å². The highest BCUT2D eigenvalue weighted by Crippen LogP contribution is 2.27. The Morgan fingerprint density at radius 1 is 1.25 bits per heavy atom. The van der Waals surface area contributed by atoms with E-state index >= 15 is 0 Å². The quantitative estimate of drug-likeness (QED) is 0.439. The van der Waals surface area contributed by atoms with Crippen LogP contribution >= 0.6 is 23.1 Å². The number of carbonyl (C=O) groups excluding carboxylic acids is 3. The van der Waals surface area contributed by atoms with Crippen molar-refractivity contribution in [1.82, 2.24) is 15.8 Å². The molecule has 9 nitrogen and oxygen atoms in total. The molecule has 0 aliphatic carbocycles. The van der Waals surface area contributed by atoms with Crippen molar-refractivity contribution in [3.63, 3.8) is 0 Å². The van der Waals surface area contributed by atoms with E-state index in [-0.39, 0.29) is 17.4 Å². The zero-order valence-electron chi connectivity index (χ0n) is 18.2. The molecule has 2 amide bonds. The van der Waals surface area contributed by atoms with Crippen molar-refractivity contribution in [2.75, 3.05) is 44.1 Å². The lowest BCUT2D eigenvalue weighted by Gasteiger charge is -2.25. The van der Waals surface area contributed by atoms with Gasteiger partial charge in [0.2, 0.25) is 5.91 Å². The fourth-order valence-electron chi connectivity index (χ4n) is 3.07. The first kappa shape index (κ1) is 24.0. The molecule has 0 atom stereocenters. The van der Waals surface area contributed by atoms with Gasteiger partial charge in [0.15, 0.2) is 10.9 Å². The first-order valence-corrected chi connectivity index (χ1v) is 12.0. The topological polar surface area (TPSA) is 110 Å². The van der Waals surface area contributed by atoms with E-state index in [0.29, 0.717) is 40.9 Å². The molecule has 1 aromatic heterocycles. The molecule has 2 heterocycles. The summed E-state index contributed by atoms with van der Waals surface area (Å²) in [5, 5.41) is 0.777. The van der Waals surface area contributed by atoms with Crippen LogP contribution in [0.15, 0.2) is 18.2 Å². The number of nitrogens with one attached hydrogen (secondary N) is 2. The number of methoxy groups -OCH3 is 1. The molecule has 0 unspecified atom stereocenters. The highest BCUT2D eigenvalue weighted by Gasteiger charge is 2.20. The van der Waals surface area contributed by atoms with Crippen LogP contribution in [0.5, 0.6) is 5.75 Å². The summed E-state index contributed by atoms with van der Waals surface area (Å²) >= 11 is 2.65. The Kier molecular flexibility index (Phi) is 8.48. The summed E-state index contributed by atoms with van der Waals surface area (Å²) < 4.78 is 10.7. The molecule has 1 saturated heterocycles. The molecule has 3 rings (SSSR count). The van der Waals surface area contributed by atoms with Gasteiger partial charge in [0, 0.05) is 30.0 Å². The molecule has 172 valence electrons. The number of ketones is 1. The summed E-state index contributed by atoms with van der Waals surface area (Å²) in [7, 11) is 1.56. The Hall–Kier alpha value is -2.63. The van der Waals surface area contributed by atoms with Gasteiger partial charge in [-0.1, -0.05) is 11.3 Å². The van der Waals surface area contributed by atoms with Gasteiger partial charge in [-0.05, 0) is 32.0 Å². The van der Waals surface area contributed by atoms with Crippen LogP contribution in [0.4, 0.5) is 5.13 Å². The Morgan fingerprint density at radius 3 is 2.69 bits per heavy atom. The number of anilines is 1. The molecule has 32 heavy (non-hydrogen) atoms. The third-order valence-electron chi connectivity index (χ3n) is 4.77. The minimum atomic E-state index is -0.395. The molecule has 11 heteroatoms. The van der Waals surface area contributed by atoms with E-state index in [0.717, 1.165) is 23.8 Å². The maximum Gasteiger partial charge on any atom is 0.281 e. The summed E-state index contributed by atoms with van der Waals surface area (Å²) in [6, 6.07) is 5.23. The molecular formula is C21H26N4O5S2. The molecule has 1 aliphatic heterocycles. The minimum absolute atomic E-state index is 0.0329. The molecule has 1 fully saturated rings. The number of carbonyl (C=O) groups is 3. The van der Waals surface area contributed by atoms with E-state index in [1.165, 1.54) is 30.0 Å². The van der Waals surface area contributed by atoms with E-state index in [2.05, 4.69) is 20.7 Å². The lowest BCUT2D eigenvalue weighted by Crippen LogP contribution is -2.42. The molecule has 0 saturated carbocycles. The lowest BCUT2D eigenvalue weighted by molar-refractivity contribution is -0.119. The molecule has 2 N–H and O–H groups in total. The zero-order chi connectivity index (χ0) is 23.1. The van der Waals surface area contributed by atoms with Gasteiger partial charge in [0.05, 0.1) is 31.8 Å². The van der Waals surface area contributed by atoms with Crippen LogP contribution in [0.2, 0.25) is 0 Å². The smallest absolute Gasteiger partial charge is 0.281 e. The fraction of sp³-hybridized carbons (Fsp3) is 0.429. The third-order valence-corrected chi connectivity index (χ3v) is 6.96. The molecular weight excluding hydrogens is 452 g/mol. The number of aromatic nitrogens is 1. The monoisotopic (exact) mass is 478 g/mol. The van der Waals surface area contributed by atoms with Crippen LogP contribution in [0.1, 0.15) is 38.2 Å². The van der Waals surface area contributed by atoms with Gasteiger partial charge in [-0.25, -0.2) is 4.98 Å². The summed E-state index contributed by atoms with van der Waals surface area (Å²) in [4.78, 5) is 43.3. The largest absolute Gasteiger partial charge is 0.496 e. The maximum atomic E-state index is 12.5. The number of nitrogens with zero attached hydrogens (tertiary/aromatic N) is 2. The number of hydrazine groups is 1. The van der Waals surface area contributed by atoms with Crippen LogP contribution in [-0.4, -0.2) is 61.7 Å². The van der Waals surface area contributed by atoms with Crippen LogP contribution < -0.4 is 20.5 Å². The van der Waals surface area contributed by atoms with Gasteiger partial charge in [-0.2, -0.15) is 0 Å². The Morgan fingerprint density at radius 2 is 2.00 bits per heavy atom. The van der Waals surface area contributed by atoms with Crippen molar-refractivity contribution in [2.45, 2.75) is 19.6 Å². The molecule has 1 aliphatic rings. The van der Waals surface area contributed by atoms with Crippen molar-refractivity contribution in [2.24, 2.45) is 0 Å². The molecule has 0 radical (unpaired) electrons. The van der Waals surface area contributed by atoms with Crippen molar-refractivity contribution < 1.29 is 23.9 Å². The molecule has 0 bridgehead atoms. The van der Waals surface area contributed by atoms with Crippen molar-refractivity contribution in [3.05, 3.63) is 39.9 Å². The van der Waals surface area contributed by atoms with Crippen molar-refractivity contribution >= 4 is 45.8 Å². The van der Waals surface area contributed by atoms with Crippen molar-refractivity contribution in [3.8, 4) is 5.75 Å². The minimum Gasteiger partial charge on any atom is -0.496 e. The molecule has 0 spiro atoms. The standard InChI is InChI=1S/C21H26N4O5S2/c1-13-19(32-21(22-13)25-6-8-30-9-7-25)20(28)24-23-18(27)12-31-11-16-10-15(14(2)26)4-5-17(16)29-3/h4-5,10H,6-9,11-12H2,1-3H3,(H,23,27)(H,24,28). The summed E-state index contributed by atoms with van der Waals surface area (Å²) in [5.74, 6) is 0.522. The van der Waals surface area contributed by atoms with Gasteiger partial charge in [-0.15, -0.1) is 11.8 Å². The Balaban J connectivity index is 1.48. The van der Waals surface area contributed by atoms with Gasteiger partial charge in [0.25, 0.3) is 5.91 Å². The van der Waals surface area contributed by atoms with E-state index in [9.17, 15) is 14.4 Å². The number of hydrogen-bond donors (Lipinski definition) is 2. The summed E-state index contributed by atoms with van der Waals surface area (Å²) in [5.41, 5.74) is 6.94. The van der Waals surface area contributed by atoms with Crippen LogP contribution in [-0.2, 0) is 15.3 Å². The van der Waals surface area contributed by atoms with E-state index in [1.807, 2.05) is 0 Å². The van der Waals surface area contributed by atoms with Crippen LogP contribution in [0, 0.1) is 6.92 Å². The van der Waals surface area contributed by atoms with Gasteiger partial charge in [-0.3, -0.25) is 25.2 Å². The number of Topliss-reactive ketones (excluding diaryl/α,β-unsaturated/α-hetero) is 1. The van der Waals surface area contributed by atoms with E-state index in [1.54, 1.807) is 32.2 Å². The number of amides is 2. The third kappa shape index (κ3) is 6.21. The number of thiazole rings is 1. The number of morpholine rings is 1. The number of rotatable bonds is 8. The summed E-state index contributed by atoms with van der Waals surface area (Å²) in [6.45, 7) is 6.03. The number of hydrogen-bond acceptors (Lipinski definition) is 9. The molecule has 1 aromatic carbocycles. The number of thioether (sulfide) groups is 1. The second-order valence-corrected chi connectivity index (χ2v) is 9.05. The normalized spacial score (nSPS) is 13.5. The first-order valence-electron chi connectivity index (χ1n) is 10.0. The van der Waals surface area contributed by atoms with Gasteiger partial charge in [0.1, 0.15) is 10.6 Å². The lowest BCUT2D eigenvalue weighted by atomic mass is 10.1. The Bertz CT molecular complexity index is 989. The van der Waals surface area contributed by atoms with E-state index < -0.39 is 5.91 Å². The molecule has 2 aromatic rings. The first-order chi connectivity index (χ1) is 15.4. The summed E-state index contributed by atoms with van der Waals surface area (Å²) in [6.07, 6.45) is 0. The second kappa shape index (κ2) is 11.3. The predicted octanol–water partition coefficient (Wildman–Crippen LogP) is 2.19. The predicted molar refractivity (Wildman–Crippen MR) is 125 cm³/mol. The number of aryl methyl sites for hydroxylation is 1. The Labute approximate surface area is 194 Å². The SMILES string of the molecule is COc1ccc(C(C)=O)cc1CSCC(=O)NNC(=O)c1sc(N2CCOCC2)nc1C. The average molecular weight is 479 g/mol. The number of ether oxygens (including phenoxy) is 2. The average Bonchev–Trinajstić information content (AvgIpc) is 3.19. The fourth-order valence-corrected chi connectivity index (χ4v) is 4.89. The van der Waals surface area contributed by atoms with E-state index in [4.69, 9.17) is 9.47 Å². The maximum absolute atomic E-state index is 12.5. The van der Waals surface area contributed by atoms with Gasteiger partial charge >= 0.3 is 0 Å². The van der Waals surface area contributed by atoms with Crippen molar-refractivity contribution in [1.29, 1.82) is 0 Å². The highest BCUT2D eigenvalue weighted by atomic mass is 32.2. The van der Waals surface area contributed by atoms with Crippen LogP contribution in [0.25, 0.3) is 0 Å².